The average molecular weight is 807 g/mol. The summed E-state index contributed by atoms with van der Waals surface area (Å²) in [6, 6.07) is 28.6. The molecule has 0 radical (unpaired) electrons. The quantitative estimate of drug-likeness (QED) is 0.117. The summed E-state index contributed by atoms with van der Waals surface area (Å²) in [4.78, 5) is 0. The summed E-state index contributed by atoms with van der Waals surface area (Å²) in [6.07, 6.45) is 1.63. The molecule has 0 aliphatic heterocycles. The monoisotopic (exact) mass is 806 g/mol. The molecule has 0 aliphatic carbocycles. The van der Waals surface area contributed by atoms with Crippen LogP contribution >= 0.6 is 0 Å². The second-order valence-corrected chi connectivity index (χ2v) is 20.6. The van der Waals surface area contributed by atoms with Crippen molar-refractivity contribution in [1.29, 1.82) is 0 Å². The van der Waals surface area contributed by atoms with Gasteiger partial charge in [-0.1, -0.05) is 76.2 Å². The third-order valence-electron chi connectivity index (χ3n) is 9.31. The van der Waals surface area contributed by atoms with E-state index in [4.69, 9.17) is 18.9 Å². The van der Waals surface area contributed by atoms with Crippen molar-refractivity contribution in [2.75, 3.05) is 28.4 Å². The smallest absolute Gasteiger partial charge is 0.123 e. The first kappa shape index (κ1) is 46.7. The number of rotatable bonds is 16. The molecule has 4 atom stereocenters. The number of benzene rings is 4. The fraction of sp³-hybridized carbons (Fsp3) is 0.478. The second kappa shape index (κ2) is 21.2. The summed E-state index contributed by atoms with van der Waals surface area (Å²) in [6.45, 7) is 20.4. The summed E-state index contributed by atoms with van der Waals surface area (Å²) in [5.74, 6) is 3.86. The van der Waals surface area contributed by atoms with Crippen LogP contribution in [0.15, 0.2) is 84.9 Å². The van der Waals surface area contributed by atoms with Gasteiger partial charge in [0.25, 0.3) is 0 Å². The van der Waals surface area contributed by atoms with Gasteiger partial charge in [0.2, 0.25) is 0 Å². The van der Waals surface area contributed by atoms with Crippen molar-refractivity contribution >= 4 is 22.0 Å². The highest BCUT2D eigenvalue weighted by Crippen LogP contribution is 2.34. The van der Waals surface area contributed by atoms with Gasteiger partial charge in [0.1, 0.15) is 23.0 Å². The fourth-order valence-corrected chi connectivity index (χ4v) is 7.90. The normalized spacial score (nSPS) is 14.0. The molecule has 308 valence electrons. The van der Waals surface area contributed by atoms with E-state index < -0.39 is 22.0 Å². The summed E-state index contributed by atoms with van der Waals surface area (Å²) in [7, 11) is 4.37. The zero-order chi connectivity index (χ0) is 41.8. The van der Waals surface area contributed by atoms with Crippen LogP contribution in [-0.4, -0.2) is 46.4 Å². The third kappa shape index (κ3) is 13.7. The van der Waals surface area contributed by atoms with Crippen LogP contribution in [-0.2, 0) is 34.8 Å². The number of hydrogen-bond acceptors (Lipinski definition) is 6. The summed E-state index contributed by atoms with van der Waals surface area (Å²) < 4.78 is 53.2. The summed E-state index contributed by atoms with van der Waals surface area (Å²) in [5, 5.41) is 0. The van der Waals surface area contributed by atoms with Gasteiger partial charge in [-0.15, -0.1) is 0 Å². The van der Waals surface area contributed by atoms with E-state index in [1.807, 2.05) is 77.9 Å². The molecule has 4 aromatic carbocycles. The third-order valence-corrected chi connectivity index (χ3v) is 12.5. The van der Waals surface area contributed by atoms with Gasteiger partial charge in [-0.3, -0.25) is 0 Å². The van der Waals surface area contributed by atoms with Gasteiger partial charge in [-0.2, -0.15) is 0 Å². The zero-order valence-corrected chi connectivity index (χ0v) is 37.7. The summed E-state index contributed by atoms with van der Waals surface area (Å²) in [5.41, 5.74) is 6.89. The maximum Gasteiger partial charge on any atom is 0.123 e. The van der Waals surface area contributed by atoms with E-state index in [9.17, 15) is 8.42 Å². The molecular weight excluding hydrogens is 741 g/mol. The Bertz CT molecular complexity index is 1730. The Morgan fingerprint density at radius 2 is 0.786 bits per heavy atom. The number of hydrogen-bond donors (Lipinski definition) is 2. The van der Waals surface area contributed by atoms with Gasteiger partial charge in [0, 0.05) is 11.1 Å². The molecule has 0 aromatic heterocycles. The highest BCUT2D eigenvalue weighted by Gasteiger charge is 2.29. The van der Waals surface area contributed by atoms with E-state index in [0.29, 0.717) is 0 Å². The predicted molar refractivity (Wildman–Crippen MR) is 235 cm³/mol. The maximum absolute atomic E-state index is 12.7. The Labute approximate surface area is 342 Å². The van der Waals surface area contributed by atoms with Crippen LogP contribution in [0, 0.1) is 11.8 Å². The minimum atomic E-state index is -1.17. The molecule has 8 nitrogen and oxygen atoms in total. The van der Waals surface area contributed by atoms with E-state index in [0.717, 1.165) is 47.0 Å². The van der Waals surface area contributed by atoms with Crippen molar-refractivity contribution in [2.24, 2.45) is 11.8 Å². The molecule has 0 unspecified atom stereocenters. The Morgan fingerprint density at radius 3 is 1.04 bits per heavy atom. The van der Waals surface area contributed by atoms with Gasteiger partial charge in [-0.25, -0.2) is 17.9 Å². The molecule has 4 rings (SSSR count). The van der Waals surface area contributed by atoms with E-state index >= 15 is 0 Å². The molecule has 0 spiro atoms. The molecule has 0 saturated carbocycles. The van der Waals surface area contributed by atoms with Crippen LogP contribution in [0.5, 0.6) is 23.0 Å². The minimum Gasteiger partial charge on any atom is -0.497 e. The number of nitrogens with one attached hydrogen (secondary N) is 2. The predicted octanol–water partition coefficient (Wildman–Crippen LogP) is 10.1. The molecule has 4 aromatic rings. The molecule has 0 bridgehead atoms. The van der Waals surface area contributed by atoms with E-state index in [1.165, 1.54) is 22.3 Å². The van der Waals surface area contributed by atoms with Crippen LogP contribution in [0.4, 0.5) is 0 Å². The Hall–Kier alpha value is -3.70. The molecule has 0 heterocycles. The van der Waals surface area contributed by atoms with Crippen molar-refractivity contribution in [2.45, 2.75) is 104 Å². The van der Waals surface area contributed by atoms with Gasteiger partial charge in [0.15, 0.2) is 0 Å². The molecule has 2 N–H and O–H groups in total. The molecule has 10 heteroatoms. The lowest BCUT2D eigenvalue weighted by Crippen LogP contribution is -2.37. The van der Waals surface area contributed by atoms with Crippen LogP contribution in [0.3, 0.4) is 0 Å². The summed E-state index contributed by atoms with van der Waals surface area (Å²) >= 11 is 0. The lowest BCUT2D eigenvalue weighted by Gasteiger charge is -2.28. The van der Waals surface area contributed by atoms with E-state index in [1.54, 1.807) is 28.4 Å². The SMILES string of the molecule is COc1ccc(Cc2ccc(OC)c([C@@H](N[S@](=O)C(C)(C)C)C(C)C)c2)cc1.COc1ccc(Cc2ccc(OC)c([C@@H](N[S@](=O)C(C)(C)C)C(C)C)c2)cc1. The highest BCUT2D eigenvalue weighted by atomic mass is 32.2. The van der Waals surface area contributed by atoms with Gasteiger partial charge >= 0.3 is 0 Å². The lowest BCUT2D eigenvalue weighted by molar-refractivity contribution is 0.390. The molecule has 56 heavy (non-hydrogen) atoms. The Balaban J connectivity index is 0.000000300. The van der Waals surface area contributed by atoms with E-state index in [-0.39, 0.29) is 33.4 Å². The van der Waals surface area contributed by atoms with Gasteiger partial charge in [-0.05, 0) is 125 Å². The number of ether oxygens (including phenoxy) is 4. The van der Waals surface area contributed by atoms with Gasteiger partial charge < -0.3 is 18.9 Å². The fourth-order valence-electron chi connectivity index (χ4n) is 5.93. The van der Waals surface area contributed by atoms with Crippen molar-refractivity contribution in [1.82, 2.24) is 9.44 Å². The van der Waals surface area contributed by atoms with Gasteiger partial charge in [0.05, 0.1) is 72.0 Å². The maximum atomic E-state index is 12.7. The average Bonchev–Trinajstić information content (AvgIpc) is 3.15. The first-order valence-electron chi connectivity index (χ1n) is 19.3. The van der Waals surface area contributed by atoms with Crippen molar-refractivity contribution in [3.8, 4) is 23.0 Å². The molecule has 0 saturated heterocycles. The van der Waals surface area contributed by atoms with E-state index in [2.05, 4.69) is 85.7 Å². The Morgan fingerprint density at radius 1 is 0.482 bits per heavy atom. The Kier molecular flexibility index (Phi) is 17.6. The molecular formula is C46H66N2O6S2. The van der Waals surface area contributed by atoms with Crippen molar-refractivity contribution < 1.29 is 27.4 Å². The number of methoxy groups -OCH3 is 4. The standard InChI is InChI=1S/2C23H33NO3S/c2*1-16(2)22(24-28(25)23(3,4)5)20-15-18(10-13-21(20)27-7)14-17-8-11-19(26-6)12-9-17/h2*8-13,15-16,22,24H,14H2,1-7H3/t2*22-,28+/m00/s1. The van der Waals surface area contributed by atoms with Crippen molar-refractivity contribution in [3.63, 3.8) is 0 Å². The van der Waals surface area contributed by atoms with Crippen LogP contribution in [0.2, 0.25) is 0 Å². The first-order valence-corrected chi connectivity index (χ1v) is 21.6. The van der Waals surface area contributed by atoms with Crippen LogP contribution < -0.4 is 28.4 Å². The topological polar surface area (TPSA) is 95.1 Å². The highest BCUT2D eigenvalue weighted by molar-refractivity contribution is 7.84. The largest absolute Gasteiger partial charge is 0.497 e. The lowest BCUT2D eigenvalue weighted by atomic mass is 9.93. The first-order chi connectivity index (χ1) is 26.3. The molecule has 0 amide bonds. The van der Waals surface area contributed by atoms with Crippen LogP contribution in [0.1, 0.15) is 115 Å². The van der Waals surface area contributed by atoms with Crippen LogP contribution in [0.25, 0.3) is 0 Å². The van der Waals surface area contributed by atoms with Crippen molar-refractivity contribution in [3.05, 3.63) is 118 Å². The second-order valence-electron chi connectivity index (χ2n) is 16.6. The minimum absolute atomic E-state index is 0.0641. The molecule has 0 fully saturated rings. The molecule has 0 aliphatic rings. The zero-order valence-electron chi connectivity index (χ0n) is 36.1.